The molecule has 5 nitrogen and oxygen atoms in total. The first kappa shape index (κ1) is 14.1. The van der Waals surface area contributed by atoms with Crippen LogP contribution in [0.4, 0.5) is 11.6 Å². The lowest BCUT2D eigenvalue weighted by Crippen LogP contribution is -2.18. The van der Waals surface area contributed by atoms with Crippen molar-refractivity contribution in [2.75, 3.05) is 11.1 Å². The summed E-state index contributed by atoms with van der Waals surface area (Å²) in [4.78, 5) is 16.2. The van der Waals surface area contributed by atoms with Gasteiger partial charge in [-0.2, -0.15) is 0 Å². The molecule has 106 valence electrons. The molecule has 0 fully saturated rings. The summed E-state index contributed by atoms with van der Waals surface area (Å²) in [5.74, 6) is 1.02. The molecule has 0 aliphatic rings. The normalized spacial score (nSPS) is 10.8. The first-order valence-electron chi connectivity index (χ1n) is 6.70. The molecular weight excluding hydrogens is 252 g/mol. The molecule has 0 saturated carbocycles. The number of carbonyl (C=O) groups is 1. The summed E-state index contributed by atoms with van der Waals surface area (Å²) in [5, 5.41) is 2.84. The maximum absolute atomic E-state index is 12.0. The molecule has 2 aromatic rings. The van der Waals surface area contributed by atoms with Crippen molar-refractivity contribution in [3.63, 3.8) is 0 Å². The fraction of sp³-hybridized carbons (Fsp3) is 0.333. The van der Waals surface area contributed by atoms with E-state index in [1.165, 1.54) is 0 Å². The van der Waals surface area contributed by atoms with Crippen LogP contribution >= 0.6 is 0 Å². The van der Waals surface area contributed by atoms with Gasteiger partial charge in [0.05, 0.1) is 6.42 Å². The van der Waals surface area contributed by atoms with Gasteiger partial charge in [0.15, 0.2) is 0 Å². The SMILES string of the molecule is CC(C)Cn1ccnc1NC(=O)Cc1ccc(N)cc1. The number of amides is 1. The Labute approximate surface area is 118 Å². The van der Waals surface area contributed by atoms with E-state index in [2.05, 4.69) is 24.1 Å². The van der Waals surface area contributed by atoms with Crippen molar-refractivity contribution in [1.29, 1.82) is 0 Å². The van der Waals surface area contributed by atoms with E-state index in [1.54, 1.807) is 18.3 Å². The highest BCUT2D eigenvalue weighted by molar-refractivity contribution is 5.90. The number of nitrogens with two attached hydrogens (primary N) is 1. The molecule has 0 radical (unpaired) electrons. The predicted molar refractivity (Wildman–Crippen MR) is 80.3 cm³/mol. The Morgan fingerprint density at radius 2 is 2.05 bits per heavy atom. The maximum atomic E-state index is 12.0. The van der Waals surface area contributed by atoms with Crippen molar-refractivity contribution in [2.24, 2.45) is 5.92 Å². The van der Waals surface area contributed by atoms with E-state index in [-0.39, 0.29) is 5.91 Å². The number of nitrogen functional groups attached to an aromatic ring is 1. The molecule has 0 bridgehead atoms. The number of carbonyl (C=O) groups excluding carboxylic acids is 1. The highest BCUT2D eigenvalue weighted by Crippen LogP contribution is 2.10. The smallest absolute Gasteiger partial charge is 0.231 e. The molecule has 0 unspecified atom stereocenters. The van der Waals surface area contributed by atoms with E-state index < -0.39 is 0 Å². The Bertz CT molecular complexity index is 572. The zero-order valence-electron chi connectivity index (χ0n) is 11.8. The van der Waals surface area contributed by atoms with E-state index in [9.17, 15) is 4.79 Å². The topological polar surface area (TPSA) is 72.9 Å². The number of aromatic nitrogens is 2. The van der Waals surface area contributed by atoms with Gasteiger partial charge in [-0.3, -0.25) is 10.1 Å². The van der Waals surface area contributed by atoms with Gasteiger partial charge in [-0.15, -0.1) is 0 Å². The number of anilines is 2. The first-order chi connectivity index (χ1) is 9.54. The minimum Gasteiger partial charge on any atom is -0.399 e. The van der Waals surface area contributed by atoms with Crippen LogP contribution < -0.4 is 11.1 Å². The van der Waals surface area contributed by atoms with E-state index in [0.29, 0.717) is 24.0 Å². The Morgan fingerprint density at radius 1 is 1.35 bits per heavy atom. The average Bonchev–Trinajstić information content (AvgIpc) is 2.78. The van der Waals surface area contributed by atoms with Gasteiger partial charge in [0, 0.05) is 24.6 Å². The van der Waals surface area contributed by atoms with Crippen LogP contribution in [0.3, 0.4) is 0 Å². The van der Waals surface area contributed by atoms with Crippen molar-refractivity contribution >= 4 is 17.5 Å². The number of imidazole rings is 1. The van der Waals surface area contributed by atoms with Crippen LogP contribution in [0.15, 0.2) is 36.7 Å². The van der Waals surface area contributed by atoms with Crippen LogP contribution in [0.1, 0.15) is 19.4 Å². The molecule has 2 rings (SSSR count). The third kappa shape index (κ3) is 3.85. The van der Waals surface area contributed by atoms with Gasteiger partial charge in [0.25, 0.3) is 0 Å². The third-order valence-electron chi connectivity index (χ3n) is 2.87. The lowest BCUT2D eigenvalue weighted by molar-refractivity contribution is -0.115. The molecule has 1 aromatic carbocycles. The molecule has 1 amide bonds. The number of benzene rings is 1. The number of nitrogens with one attached hydrogen (secondary N) is 1. The summed E-state index contributed by atoms with van der Waals surface area (Å²) in [5.41, 5.74) is 7.24. The highest BCUT2D eigenvalue weighted by atomic mass is 16.1. The zero-order valence-corrected chi connectivity index (χ0v) is 11.8. The second-order valence-electron chi connectivity index (χ2n) is 5.26. The van der Waals surface area contributed by atoms with Crippen molar-refractivity contribution in [1.82, 2.24) is 9.55 Å². The molecular formula is C15H20N4O. The summed E-state index contributed by atoms with van der Waals surface area (Å²) in [7, 11) is 0. The Balaban J connectivity index is 1.98. The van der Waals surface area contributed by atoms with E-state index in [1.807, 2.05) is 22.9 Å². The van der Waals surface area contributed by atoms with Gasteiger partial charge in [0.1, 0.15) is 0 Å². The van der Waals surface area contributed by atoms with Crippen LogP contribution in [0.5, 0.6) is 0 Å². The summed E-state index contributed by atoms with van der Waals surface area (Å²) in [6, 6.07) is 7.30. The molecule has 20 heavy (non-hydrogen) atoms. The second kappa shape index (κ2) is 6.23. The first-order valence-corrected chi connectivity index (χ1v) is 6.70. The number of rotatable bonds is 5. The van der Waals surface area contributed by atoms with Crippen LogP contribution in [-0.2, 0) is 17.8 Å². The third-order valence-corrected chi connectivity index (χ3v) is 2.87. The minimum atomic E-state index is -0.0778. The van der Waals surface area contributed by atoms with Gasteiger partial charge in [-0.25, -0.2) is 4.98 Å². The van der Waals surface area contributed by atoms with Crippen molar-refractivity contribution in [3.8, 4) is 0 Å². The number of hydrogen-bond donors (Lipinski definition) is 2. The maximum Gasteiger partial charge on any atom is 0.231 e. The summed E-state index contributed by atoms with van der Waals surface area (Å²) < 4.78 is 1.95. The van der Waals surface area contributed by atoms with Crippen molar-refractivity contribution in [3.05, 3.63) is 42.2 Å². The Kier molecular flexibility index (Phi) is 4.40. The van der Waals surface area contributed by atoms with Gasteiger partial charge in [0.2, 0.25) is 11.9 Å². The van der Waals surface area contributed by atoms with Crippen LogP contribution in [0.2, 0.25) is 0 Å². The van der Waals surface area contributed by atoms with E-state index in [0.717, 1.165) is 12.1 Å². The Hall–Kier alpha value is -2.30. The van der Waals surface area contributed by atoms with E-state index in [4.69, 9.17) is 5.73 Å². The molecule has 0 spiro atoms. The molecule has 1 aromatic heterocycles. The average molecular weight is 272 g/mol. The lowest BCUT2D eigenvalue weighted by Gasteiger charge is -2.11. The fourth-order valence-corrected chi connectivity index (χ4v) is 1.96. The second-order valence-corrected chi connectivity index (χ2v) is 5.26. The van der Waals surface area contributed by atoms with Crippen LogP contribution in [-0.4, -0.2) is 15.5 Å². The molecule has 0 atom stereocenters. The van der Waals surface area contributed by atoms with Crippen molar-refractivity contribution in [2.45, 2.75) is 26.8 Å². The summed E-state index contributed by atoms with van der Waals surface area (Å²) in [6.07, 6.45) is 3.88. The molecule has 3 N–H and O–H groups in total. The van der Waals surface area contributed by atoms with Crippen LogP contribution in [0.25, 0.3) is 0 Å². The standard InChI is InChI=1S/C15H20N4O/c1-11(2)10-19-8-7-17-15(19)18-14(20)9-12-3-5-13(16)6-4-12/h3-8,11H,9-10,16H2,1-2H3,(H,17,18,20). The molecule has 5 heteroatoms. The molecule has 0 saturated heterocycles. The van der Waals surface area contributed by atoms with Gasteiger partial charge < -0.3 is 10.3 Å². The van der Waals surface area contributed by atoms with Gasteiger partial charge in [-0.1, -0.05) is 26.0 Å². The molecule has 0 aliphatic carbocycles. The summed E-state index contributed by atoms with van der Waals surface area (Å²) in [6.45, 7) is 5.08. The fourth-order valence-electron chi connectivity index (χ4n) is 1.96. The lowest BCUT2D eigenvalue weighted by atomic mass is 10.1. The monoisotopic (exact) mass is 272 g/mol. The molecule has 1 heterocycles. The van der Waals surface area contributed by atoms with Gasteiger partial charge in [-0.05, 0) is 23.6 Å². The number of nitrogens with zero attached hydrogens (tertiary/aromatic N) is 2. The predicted octanol–water partition coefficient (Wildman–Crippen LogP) is 2.30. The largest absolute Gasteiger partial charge is 0.399 e. The summed E-state index contributed by atoms with van der Waals surface area (Å²) >= 11 is 0. The van der Waals surface area contributed by atoms with E-state index >= 15 is 0 Å². The van der Waals surface area contributed by atoms with Crippen molar-refractivity contribution < 1.29 is 4.79 Å². The van der Waals surface area contributed by atoms with Gasteiger partial charge >= 0.3 is 0 Å². The quantitative estimate of drug-likeness (QED) is 0.820. The zero-order chi connectivity index (χ0) is 14.5. The highest BCUT2D eigenvalue weighted by Gasteiger charge is 2.09. The minimum absolute atomic E-state index is 0.0778. The van der Waals surface area contributed by atoms with Crippen LogP contribution in [0, 0.1) is 5.92 Å². The number of hydrogen-bond acceptors (Lipinski definition) is 3. The molecule has 0 aliphatic heterocycles. The Morgan fingerprint density at radius 3 is 2.70 bits per heavy atom.